The molecule has 1 aliphatic heterocycles. The molecule has 0 spiro atoms. The zero-order valence-electron chi connectivity index (χ0n) is 11.6. The second-order valence-electron chi connectivity index (χ2n) is 4.74. The van der Waals surface area contributed by atoms with Crippen LogP contribution in [0.5, 0.6) is 5.75 Å². The predicted molar refractivity (Wildman–Crippen MR) is 73.5 cm³/mol. The Balaban J connectivity index is 2.09. The lowest BCUT2D eigenvalue weighted by atomic mass is 10.2. The highest BCUT2D eigenvalue weighted by Gasteiger charge is 2.18. The number of likely N-dealkylation sites (N-methyl/N-ethyl adjacent to an activating group) is 1. The molecule has 19 heavy (non-hydrogen) atoms. The molecule has 5 heteroatoms. The average molecular weight is 268 g/mol. The second-order valence-corrected chi connectivity index (χ2v) is 4.74. The number of ether oxygens (including phenoxy) is 2. The maximum absolute atomic E-state index is 13.3. The Morgan fingerprint density at radius 2 is 1.89 bits per heavy atom. The van der Waals surface area contributed by atoms with Gasteiger partial charge in [0.1, 0.15) is 18.2 Å². The highest BCUT2D eigenvalue weighted by atomic mass is 19.1. The first kappa shape index (κ1) is 14.1. The summed E-state index contributed by atoms with van der Waals surface area (Å²) in [5.41, 5.74) is 0.964. The van der Waals surface area contributed by atoms with E-state index in [0.29, 0.717) is 19.0 Å². The molecule has 1 aromatic carbocycles. The molecule has 0 bridgehead atoms. The summed E-state index contributed by atoms with van der Waals surface area (Å²) in [6.45, 7) is 4.81. The van der Waals surface area contributed by atoms with Crippen molar-refractivity contribution in [3.05, 3.63) is 24.0 Å². The van der Waals surface area contributed by atoms with Gasteiger partial charge in [-0.15, -0.1) is 0 Å². The fourth-order valence-electron chi connectivity index (χ4n) is 2.15. The van der Waals surface area contributed by atoms with E-state index in [4.69, 9.17) is 9.47 Å². The molecule has 0 saturated carbocycles. The zero-order chi connectivity index (χ0) is 13.7. The molecule has 0 unspecified atom stereocenters. The van der Waals surface area contributed by atoms with Gasteiger partial charge in [-0.05, 0) is 19.2 Å². The van der Waals surface area contributed by atoms with Crippen LogP contribution in [0.4, 0.5) is 10.1 Å². The van der Waals surface area contributed by atoms with E-state index in [1.54, 1.807) is 13.2 Å². The second kappa shape index (κ2) is 6.73. The number of rotatable bonds is 5. The van der Waals surface area contributed by atoms with Crippen LogP contribution < -0.4 is 9.64 Å². The fourth-order valence-corrected chi connectivity index (χ4v) is 2.15. The number of methoxy groups -OCH3 is 1. The molecule has 0 aromatic heterocycles. The molecule has 0 N–H and O–H groups in total. The summed E-state index contributed by atoms with van der Waals surface area (Å²) in [7, 11) is 3.73. The number of anilines is 1. The Hall–Kier alpha value is -1.33. The standard InChI is InChI=1S/C14H21FN2O2/c1-16-5-7-17(8-6-16)13-4-3-12(15)11-14(13)19-10-9-18-2/h3-4,11H,5-10H2,1-2H3. The summed E-state index contributed by atoms with van der Waals surface area (Å²) >= 11 is 0. The van der Waals surface area contributed by atoms with Crippen LogP contribution >= 0.6 is 0 Å². The molecule has 1 aliphatic rings. The Morgan fingerprint density at radius 1 is 1.16 bits per heavy atom. The van der Waals surface area contributed by atoms with Crippen LogP contribution in [0.15, 0.2) is 18.2 Å². The summed E-state index contributed by atoms with van der Waals surface area (Å²) in [4.78, 5) is 4.52. The van der Waals surface area contributed by atoms with E-state index in [2.05, 4.69) is 16.8 Å². The molecule has 2 rings (SSSR count). The van der Waals surface area contributed by atoms with E-state index in [0.717, 1.165) is 31.9 Å². The van der Waals surface area contributed by atoms with Crippen LogP contribution in [0.1, 0.15) is 0 Å². The summed E-state index contributed by atoms with van der Waals surface area (Å²) in [5.74, 6) is 0.326. The van der Waals surface area contributed by atoms with Gasteiger partial charge in [0.05, 0.1) is 12.3 Å². The first-order valence-corrected chi connectivity index (χ1v) is 6.55. The van der Waals surface area contributed by atoms with Crippen molar-refractivity contribution in [1.29, 1.82) is 0 Å². The lowest BCUT2D eigenvalue weighted by Gasteiger charge is -2.34. The van der Waals surface area contributed by atoms with Gasteiger partial charge in [0.15, 0.2) is 0 Å². The van der Waals surface area contributed by atoms with E-state index in [9.17, 15) is 4.39 Å². The summed E-state index contributed by atoms with van der Waals surface area (Å²) in [6, 6.07) is 4.73. The minimum atomic E-state index is -0.273. The maximum Gasteiger partial charge on any atom is 0.145 e. The van der Waals surface area contributed by atoms with Gasteiger partial charge in [-0.3, -0.25) is 0 Å². The normalized spacial score (nSPS) is 16.7. The van der Waals surface area contributed by atoms with E-state index in [1.807, 2.05) is 0 Å². The lowest BCUT2D eigenvalue weighted by molar-refractivity contribution is 0.146. The quantitative estimate of drug-likeness (QED) is 0.757. The van der Waals surface area contributed by atoms with Crippen molar-refractivity contribution in [3.63, 3.8) is 0 Å². The van der Waals surface area contributed by atoms with Gasteiger partial charge < -0.3 is 19.3 Å². The number of hydrogen-bond acceptors (Lipinski definition) is 4. The van der Waals surface area contributed by atoms with E-state index in [1.165, 1.54) is 12.1 Å². The van der Waals surface area contributed by atoms with Gasteiger partial charge in [0.25, 0.3) is 0 Å². The molecule has 0 aliphatic carbocycles. The van der Waals surface area contributed by atoms with Crippen molar-refractivity contribution in [2.24, 2.45) is 0 Å². The Kier molecular flexibility index (Phi) is 4.99. The molecule has 106 valence electrons. The van der Waals surface area contributed by atoms with Gasteiger partial charge in [-0.1, -0.05) is 0 Å². The fraction of sp³-hybridized carbons (Fsp3) is 0.571. The number of piperazine rings is 1. The Labute approximate surface area is 113 Å². The number of hydrogen-bond donors (Lipinski definition) is 0. The molecule has 1 aromatic rings. The third-order valence-corrected chi connectivity index (χ3v) is 3.31. The lowest BCUT2D eigenvalue weighted by Crippen LogP contribution is -2.44. The van der Waals surface area contributed by atoms with Gasteiger partial charge in [-0.25, -0.2) is 4.39 Å². The van der Waals surface area contributed by atoms with E-state index in [-0.39, 0.29) is 5.82 Å². The van der Waals surface area contributed by atoms with Crippen molar-refractivity contribution in [2.75, 3.05) is 58.5 Å². The molecule has 4 nitrogen and oxygen atoms in total. The smallest absolute Gasteiger partial charge is 0.145 e. The summed E-state index contributed by atoms with van der Waals surface area (Å²) in [5, 5.41) is 0. The Bertz CT molecular complexity index is 406. The molecule has 0 radical (unpaired) electrons. The number of nitrogens with zero attached hydrogens (tertiary/aromatic N) is 2. The van der Waals surface area contributed by atoms with Crippen LogP contribution in [-0.2, 0) is 4.74 Å². The first-order chi connectivity index (χ1) is 9.20. The molecule has 0 amide bonds. The highest BCUT2D eigenvalue weighted by Crippen LogP contribution is 2.29. The SMILES string of the molecule is COCCOc1cc(F)ccc1N1CCN(C)CC1. The van der Waals surface area contributed by atoms with Crippen LogP contribution in [0.2, 0.25) is 0 Å². The van der Waals surface area contributed by atoms with E-state index < -0.39 is 0 Å². The Morgan fingerprint density at radius 3 is 2.58 bits per heavy atom. The molecule has 1 heterocycles. The minimum absolute atomic E-state index is 0.273. The molecular weight excluding hydrogens is 247 g/mol. The third kappa shape index (κ3) is 3.81. The van der Waals surface area contributed by atoms with Crippen LogP contribution in [0.3, 0.4) is 0 Å². The van der Waals surface area contributed by atoms with Crippen molar-refractivity contribution in [3.8, 4) is 5.75 Å². The van der Waals surface area contributed by atoms with Gasteiger partial charge >= 0.3 is 0 Å². The molecular formula is C14H21FN2O2. The topological polar surface area (TPSA) is 24.9 Å². The molecule has 0 atom stereocenters. The van der Waals surface area contributed by atoms with Crippen molar-refractivity contribution < 1.29 is 13.9 Å². The maximum atomic E-state index is 13.3. The number of benzene rings is 1. The van der Waals surface area contributed by atoms with Crippen molar-refractivity contribution in [2.45, 2.75) is 0 Å². The third-order valence-electron chi connectivity index (χ3n) is 3.31. The highest BCUT2D eigenvalue weighted by molar-refractivity contribution is 5.59. The minimum Gasteiger partial charge on any atom is -0.489 e. The van der Waals surface area contributed by atoms with Gasteiger partial charge in [0.2, 0.25) is 0 Å². The summed E-state index contributed by atoms with van der Waals surface area (Å²) in [6.07, 6.45) is 0. The first-order valence-electron chi connectivity index (χ1n) is 6.55. The molecule has 1 saturated heterocycles. The van der Waals surface area contributed by atoms with Crippen molar-refractivity contribution >= 4 is 5.69 Å². The van der Waals surface area contributed by atoms with Crippen molar-refractivity contribution in [1.82, 2.24) is 4.90 Å². The van der Waals surface area contributed by atoms with Crippen LogP contribution in [0.25, 0.3) is 0 Å². The average Bonchev–Trinajstić information content (AvgIpc) is 2.41. The monoisotopic (exact) mass is 268 g/mol. The van der Waals surface area contributed by atoms with Crippen LogP contribution in [0, 0.1) is 5.82 Å². The number of halogens is 1. The van der Waals surface area contributed by atoms with Crippen LogP contribution in [-0.4, -0.2) is 58.5 Å². The van der Waals surface area contributed by atoms with E-state index >= 15 is 0 Å². The van der Waals surface area contributed by atoms with Gasteiger partial charge in [0, 0.05) is 39.4 Å². The largest absolute Gasteiger partial charge is 0.489 e. The zero-order valence-corrected chi connectivity index (χ0v) is 11.6. The van der Waals surface area contributed by atoms with Gasteiger partial charge in [-0.2, -0.15) is 0 Å². The summed E-state index contributed by atoms with van der Waals surface area (Å²) < 4.78 is 23.9. The predicted octanol–water partition coefficient (Wildman–Crippen LogP) is 1.60. The molecule has 1 fully saturated rings.